The maximum atomic E-state index is 6.27. The summed E-state index contributed by atoms with van der Waals surface area (Å²) in [5, 5.41) is 0. The van der Waals surface area contributed by atoms with Crippen LogP contribution in [0.25, 0.3) is 0 Å². The molecule has 0 aliphatic heterocycles. The molecule has 0 aromatic carbocycles. The van der Waals surface area contributed by atoms with Crippen molar-refractivity contribution in [2.24, 2.45) is 5.73 Å². The molecular weight excluding hydrogens is 148 g/mol. The van der Waals surface area contributed by atoms with Crippen LogP contribution in [0.5, 0.6) is 0 Å². The van der Waals surface area contributed by atoms with Crippen molar-refractivity contribution >= 4 is 0 Å². The SMILES string of the molecule is CCN(CC)CC1(N)CCCC1. The second-order valence-electron chi connectivity index (χ2n) is 4.03. The molecule has 1 fully saturated rings. The third-order valence-electron chi connectivity index (χ3n) is 3.03. The largest absolute Gasteiger partial charge is 0.324 e. The van der Waals surface area contributed by atoms with Gasteiger partial charge >= 0.3 is 0 Å². The third-order valence-corrected chi connectivity index (χ3v) is 3.03. The van der Waals surface area contributed by atoms with E-state index in [1.165, 1.54) is 25.7 Å². The van der Waals surface area contributed by atoms with Gasteiger partial charge in [-0.15, -0.1) is 0 Å². The van der Waals surface area contributed by atoms with E-state index in [1.807, 2.05) is 0 Å². The number of hydrogen-bond donors (Lipinski definition) is 1. The molecule has 0 heterocycles. The second-order valence-corrected chi connectivity index (χ2v) is 4.03. The Balaban J connectivity index is 2.36. The summed E-state index contributed by atoms with van der Waals surface area (Å²) in [6.45, 7) is 7.79. The molecule has 2 nitrogen and oxygen atoms in total. The van der Waals surface area contributed by atoms with Gasteiger partial charge in [0.2, 0.25) is 0 Å². The molecule has 0 radical (unpaired) electrons. The van der Waals surface area contributed by atoms with Crippen LogP contribution in [0.3, 0.4) is 0 Å². The highest BCUT2D eigenvalue weighted by molar-refractivity contribution is 4.91. The van der Waals surface area contributed by atoms with Gasteiger partial charge in [-0.1, -0.05) is 26.7 Å². The maximum Gasteiger partial charge on any atom is 0.0283 e. The van der Waals surface area contributed by atoms with E-state index in [2.05, 4.69) is 18.7 Å². The molecule has 12 heavy (non-hydrogen) atoms. The highest BCUT2D eigenvalue weighted by atomic mass is 15.1. The zero-order chi connectivity index (χ0) is 9.03. The zero-order valence-corrected chi connectivity index (χ0v) is 8.47. The molecule has 0 unspecified atom stereocenters. The Labute approximate surface area is 76.1 Å². The van der Waals surface area contributed by atoms with E-state index in [1.54, 1.807) is 0 Å². The fraction of sp³-hybridized carbons (Fsp3) is 1.00. The number of nitrogens with zero attached hydrogens (tertiary/aromatic N) is 1. The lowest BCUT2D eigenvalue weighted by atomic mass is 9.98. The van der Waals surface area contributed by atoms with Crippen molar-refractivity contribution in [3.05, 3.63) is 0 Å². The molecule has 1 aliphatic rings. The smallest absolute Gasteiger partial charge is 0.0283 e. The van der Waals surface area contributed by atoms with Crippen molar-refractivity contribution in [1.29, 1.82) is 0 Å². The number of nitrogens with two attached hydrogens (primary N) is 1. The van der Waals surface area contributed by atoms with E-state index >= 15 is 0 Å². The fourth-order valence-electron chi connectivity index (χ4n) is 2.13. The Morgan fingerprint density at radius 1 is 1.17 bits per heavy atom. The van der Waals surface area contributed by atoms with Crippen LogP contribution in [-0.2, 0) is 0 Å². The van der Waals surface area contributed by atoms with Crippen LogP contribution < -0.4 is 5.73 Å². The molecule has 2 heteroatoms. The first-order chi connectivity index (χ1) is 5.70. The monoisotopic (exact) mass is 170 g/mol. The normalized spacial score (nSPS) is 22.0. The van der Waals surface area contributed by atoms with Crippen molar-refractivity contribution in [2.45, 2.75) is 45.1 Å². The second kappa shape index (κ2) is 4.24. The van der Waals surface area contributed by atoms with Crippen molar-refractivity contribution < 1.29 is 0 Å². The third kappa shape index (κ3) is 2.46. The lowest BCUT2D eigenvalue weighted by molar-refractivity contribution is 0.227. The Bertz CT molecular complexity index is 124. The van der Waals surface area contributed by atoms with Crippen LogP contribution in [0.2, 0.25) is 0 Å². The number of likely N-dealkylation sites (N-methyl/N-ethyl adjacent to an activating group) is 1. The molecular formula is C10H22N2. The van der Waals surface area contributed by atoms with Crippen LogP contribution >= 0.6 is 0 Å². The first kappa shape index (κ1) is 10.0. The molecule has 0 amide bonds. The standard InChI is InChI=1S/C10H22N2/c1-3-12(4-2)9-10(11)7-5-6-8-10/h3-9,11H2,1-2H3. The van der Waals surface area contributed by atoms with Gasteiger partial charge in [-0.25, -0.2) is 0 Å². The van der Waals surface area contributed by atoms with Gasteiger partial charge in [-0.05, 0) is 25.9 Å². The molecule has 1 aliphatic carbocycles. The molecule has 0 aromatic heterocycles. The van der Waals surface area contributed by atoms with E-state index in [0.717, 1.165) is 19.6 Å². The summed E-state index contributed by atoms with van der Waals surface area (Å²) in [5.74, 6) is 0. The molecule has 0 atom stereocenters. The summed E-state index contributed by atoms with van der Waals surface area (Å²) in [6.07, 6.45) is 5.11. The van der Waals surface area contributed by atoms with Gasteiger partial charge in [0.25, 0.3) is 0 Å². The summed E-state index contributed by atoms with van der Waals surface area (Å²) in [6, 6.07) is 0. The Hall–Kier alpha value is -0.0800. The minimum absolute atomic E-state index is 0.145. The Morgan fingerprint density at radius 3 is 2.08 bits per heavy atom. The highest BCUT2D eigenvalue weighted by Crippen LogP contribution is 2.27. The summed E-state index contributed by atoms with van der Waals surface area (Å²) in [5.41, 5.74) is 6.41. The van der Waals surface area contributed by atoms with Gasteiger partial charge in [0.1, 0.15) is 0 Å². The van der Waals surface area contributed by atoms with Crippen LogP contribution in [0.15, 0.2) is 0 Å². The van der Waals surface area contributed by atoms with Gasteiger partial charge < -0.3 is 10.6 Å². The van der Waals surface area contributed by atoms with Crippen LogP contribution in [0, 0.1) is 0 Å². The summed E-state index contributed by atoms with van der Waals surface area (Å²) >= 11 is 0. The highest BCUT2D eigenvalue weighted by Gasteiger charge is 2.30. The van der Waals surface area contributed by atoms with E-state index in [9.17, 15) is 0 Å². The predicted molar refractivity (Wildman–Crippen MR) is 53.2 cm³/mol. The lowest BCUT2D eigenvalue weighted by Crippen LogP contribution is -2.48. The molecule has 0 bridgehead atoms. The summed E-state index contributed by atoms with van der Waals surface area (Å²) in [7, 11) is 0. The summed E-state index contributed by atoms with van der Waals surface area (Å²) < 4.78 is 0. The van der Waals surface area contributed by atoms with Crippen molar-refractivity contribution in [3.8, 4) is 0 Å². The zero-order valence-electron chi connectivity index (χ0n) is 8.47. The molecule has 0 spiro atoms. The summed E-state index contributed by atoms with van der Waals surface area (Å²) in [4.78, 5) is 2.44. The van der Waals surface area contributed by atoms with Crippen LogP contribution in [0.1, 0.15) is 39.5 Å². The van der Waals surface area contributed by atoms with Gasteiger partial charge in [0.15, 0.2) is 0 Å². The van der Waals surface area contributed by atoms with Crippen molar-refractivity contribution in [2.75, 3.05) is 19.6 Å². The first-order valence-electron chi connectivity index (χ1n) is 5.21. The maximum absolute atomic E-state index is 6.27. The quantitative estimate of drug-likeness (QED) is 0.694. The predicted octanol–water partition coefficient (Wildman–Crippen LogP) is 1.60. The van der Waals surface area contributed by atoms with E-state index in [0.29, 0.717) is 0 Å². The van der Waals surface area contributed by atoms with Crippen molar-refractivity contribution in [3.63, 3.8) is 0 Å². The van der Waals surface area contributed by atoms with Gasteiger partial charge in [0.05, 0.1) is 0 Å². The lowest BCUT2D eigenvalue weighted by Gasteiger charge is -2.30. The number of rotatable bonds is 4. The molecule has 0 aromatic rings. The average Bonchev–Trinajstić information content (AvgIpc) is 2.48. The van der Waals surface area contributed by atoms with Crippen molar-refractivity contribution in [1.82, 2.24) is 4.90 Å². The fourth-order valence-corrected chi connectivity index (χ4v) is 2.13. The van der Waals surface area contributed by atoms with Gasteiger partial charge in [-0.2, -0.15) is 0 Å². The Morgan fingerprint density at radius 2 is 1.67 bits per heavy atom. The van der Waals surface area contributed by atoms with E-state index in [4.69, 9.17) is 5.73 Å². The van der Waals surface area contributed by atoms with Crippen LogP contribution in [0.4, 0.5) is 0 Å². The topological polar surface area (TPSA) is 29.3 Å². The van der Waals surface area contributed by atoms with Gasteiger partial charge in [0, 0.05) is 12.1 Å². The molecule has 2 N–H and O–H groups in total. The average molecular weight is 170 g/mol. The van der Waals surface area contributed by atoms with Gasteiger partial charge in [-0.3, -0.25) is 0 Å². The van der Waals surface area contributed by atoms with E-state index in [-0.39, 0.29) is 5.54 Å². The molecule has 1 saturated carbocycles. The van der Waals surface area contributed by atoms with Crippen LogP contribution in [-0.4, -0.2) is 30.1 Å². The molecule has 1 rings (SSSR count). The molecule has 0 saturated heterocycles. The minimum Gasteiger partial charge on any atom is -0.324 e. The number of hydrogen-bond acceptors (Lipinski definition) is 2. The molecule has 72 valence electrons. The first-order valence-corrected chi connectivity index (χ1v) is 5.21. The minimum atomic E-state index is 0.145. The Kier molecular flexibility index (Phi) is 3.53. The van der Waals surface area contributed by atoms with E-state index < -0.39 is 0 Å².